The molecule has 1 aromatic rings. The van der Waals surface area contributed by atoms with Crippen molar-refractivity contribution in [3.8, 4) is 5.88 Å². The molecule has 1 aliphatic rings. The topological polar surface area (TPSA) is 50.3 Å². The molecule has 1 unspecified atom stereocenters. The molecular formula is C11H18N4O. The molecule has 0 aliphatic carbocycles. The highest BCUT2D eigenvalue weighted by Gasteiger charge is 2.19. The van der Waals surface area contributed by atoms with Gasteiger partial charge in [-0.05, 0) is 13.8 Å². The molecule has 1 aliphatic heterocycles. The van der Waals surface area contributed by atoms with Crippen molar-refractivity contribution in [1.82, 2.24) is 15.3 Å². The van der Waals surface area contributed by atoms with Gasteiger partial charge < -0.3 is 15.0 Å². The van der Waals surface area contributed by atoms with Gasteiger partial charge in [0.15, 0.2) is 5.82 Å². The monoisotopic (exact) mass is 222 g/mol. The van der Waals surface area contributed by atoms with E-state index in [4.69, 9.17) is 4.74 Å². The maximum atomic E-state index is 5.36. The molecule has 1 saturated heterocycles. The average Bonchev–Trinajstić information content (AvgIpc) is 2.30. The fourth-order valence-corrected chi connectivity index (χ4v) is 1.88. The molecule has 1 N–H and O–H groups in total. The molecule has 2 heterocycles. The smallest absolute Gasteiger partial charge is 0.234 e. The molecule has 1 fully saturated rings. The third-order valence-corrected chi connectivity index (χ3v) is 2.69. The number of aromatic nitrogens is 2. The first-order valence-electron chi connectivity index (χ1n) is 5.73. The normalized spacial score (nSPS) is 20.9. The number of anilines is 1. The van der Waals surface area contributed by atoms with Gasteiger partial charge in [0.1, 0.15) is 0 Å². The molecule has 0 amide bonds. The largest absolute Gasteiger partial charge is 0.477 e. The number of nitrogens with zero attached hydrogens (tertiary/aromatic N) is 3. The zero-order chi connectivity index (χ0) is 11.4. The Morgan fingerprint density at radius 3 is 3.19 bits per heavy atom. The van der Waals surface area contributed by atoms with Gasteiger partial charge in [0.2, 0.25) is 5.88 Å². The van der Waals surface area contributed by atoms with E-state index in [9.17, 15) is 0 Å². The fraction of sp³-hybridized carbons (Fsp3) is 0.636. The minimum absolute atomic E-state index is 0.444. The lowest BCUT2D eigenvalue weighted by Gasteiger charge is -2.34. The van der Waals surface area contributed by atoms with Gasteiger partial charge in [0, 0.05) is 25.7 Å². The van der Waals surface area contributed by atoms with Crippen LogP contribution in [0.25, 0.3) is 0 Å². The summed E-state index contributed by atoms with van der Waals surface area (Å²) in [6.45, 7) is 7.69. The van der Waals surface area contributed by atoms with E-state index in [-0.39, 0.29) is 0 Å². The van der Waals surface area contributed by atoms with Crippen LogP contribution in [0.5, 0.6) is 5.88 Å². The van der Waals surface area contributed by atoms with Crippen LogP contribution in [-0.2, 0) is 0 Å². The van der Waals surface area contributed by atoms with Crippen LogP contribution in [0.4, 0.5) is 5.82 Å². The van der Waals surface area contributed by atoms with E-state index in [0.717, 1.165) is 25.5 Å². The van der Waals surface area contributed by atoms with E-state index in [0.29, 0.717) is 18.5 Å². The van der Waals surface area contributed by atoms with Crippen LogP contribution >= 0.6 is 0 Å². The van der Waals surface area contributed by atoms with Crippen LogP contribution in [0, 0.1) is 0 Å². The Hall–Kier alpha value is -1.36. The second-order valence-electron chi connectivity index (χ2n) is 3.90. The van der Waals surface area contributed by atoms with E-state index in [1.165, 1.54) is 0 Å². The van der Waals surface area contributed by atoms with Crippen molar-refractivity contribution in [2.24, 2.45) is 0 Å². The maximum Gasteiger partial charge on any atom is 0.234 e. The Morgan fingerprint density at radius 1 is 1.56 bits per heavy atom. The summed E-state index contributed by atoms with van der Waals surface area (Å²) in [5.41, 5.74) is 0. The molecule has 1 aromatic heterocycles. The van der Waals surface area contributed by atoms with Gasteiger partial charge in [-0.1, -0.05) is 0 Å². The van der Waals surface area contributed by atoms with Gasteiger partial charge in [0.25, 0.3) is 0 Å². The lowest BCUT2D eigenvalue weighted by atomic mass is 10.2. The van der Waals surface area contributed by atoms with Crippen molar-refractivity contribution in [1.29, 1.82) is 0 Å². The van der Waals surface area contributed by atoms with Crippen molar-refractivity contribution in [2.75, 3.05) is 31.1 Å². The SMILES string of the molecule is CCOc1cncc(N2CCNCC2C)n1. The molecule has 0 bridgehead atoms. The van der Waals surface area contributed by atoms with E-state index in [2.05, 4.69) is 27.1 Å². The predicted molar refractivity (Wildman–Crippen MR) is 62.9 cm³/mol. The van der Waals surface area contributed by atoms with Gasteiger partial charge in [-0.3, -0.25) is 4.98 Å². The van der Waals surface area contributed by atoms with Gasteiger partial charge in [-0.2, -0.15) is 4.98 Å². The highest BCUT2D eigenvalue weighted by atomic mass is 16.5. The molecule has 16 heavy (non-hydrogen) atoms. The highest BCUT2D eigenvalue weighted by molar-refractivity contribution is 5.39. The lowest BCUT2D eigenvalue weighted by molar-refractivity contribution is 0.325. The van der Waals surface area contributed by atoms with Crippen LogP contribution in [0.1, 0.15) is 13.8 Å². The van der Waals surface area contributed by atoms with Crippen molar-refractivity contribution in [3.63, 3.8) is 0 Å². The second kappa shape index (κ2) is 5.12. The summed E-state index contributed by atoms with van der Waals surface area (Å²) < 4.78 is 5.36. The minimum Gasteiger partial charge on any atom is -0.477 e. The van der Waals surface area contributed by atoms with Crippen LogP contribution in [0.2, 0.25) is 0 Å². The summed E-state index contributed by atoms with van der Waals surface area (Å²) in [5, 5.41) is 3.35. The van der Waals surface area contributed by atoms with E-state index in [1.54, 1.807) is 12.4 Å². The molecule has 88 valence electrons. The quantitative estimate of drug-likeness (QED) is 0.814. The number of hydrogen-bond donors (Lipinski definition) is 1. The minimum atomic E-state index is 0.444. The molecule has 0 saturated carbocycles. The predicted octanol–water partition coefficient (Wildman–Crippen LogP) is 0.673. The van der Waals surface area contributed by atoms with E-state index < -0.39 is 0 Å². The van der Waals surface area contributed by atoms with Crippen molar-refractivity contribution >= 4 is 5.82 Å². The highest BCUT2D eigenvalue weighted by Crippen LogP contribution is 2.17. The summed E-state index contributed by atoms with van der Waals surface area (Å²) in [4.78, 5) is 10.9. The Bertz CT molecular complexity index is 345. The lowest BCUT2D eigenvalue weighted by Crippen LogP contribution is -2.50. The number of nitrogens with one attached hydrogen (secondary N) is 1. The third kappa shape index (κ3) is 2.41. The maximum absolute atomic E-state index is 5.36. The van der Waals surface area contributed by atoms with E-state index in [1.807, 2.05) is 6.92 Å². The molecule has 0 aromatic carbocycles. The Kier molecular flexibility index (Phi) is 3.56. The van der Waals surface area contributed by atoms with Crippen molar-refractivity contribution in [2.45, 2.75) is 19.9 Å². The summed E-state index contributed by atoms with van der Waals surface area (Å²) >= 11 is 0. The van der Waals surface area contributed by atoms with Crippen LogP contribution in [0.15, 0.2) is 12.4 Å². The number of ether oxygens (including phenoxy) is 1. The summed E-state index contributed by atoms with van der Waals surface area (Å²) in [5.74, 6) is 1.51. The molecule has 0 spiro atoms. The molecule has 5 nitrogen and oxygen atoms in total. The summed E-state index contributed by atoms with van der Waals surface area (Å²) in [6.07, 6.45) is 3.45. The van der Waals surface area contributed by atoms with Crippen molar-refractivity contribution < 1.29 is 4.74 Å². The van der Waals surface area contributed by atoms with Gasteiger partial charge in [0.05, 0.1) is 19.0 Å². The summed E-state index contributed by atoms with van der Waals surface area (Å²) in [6, 6.07) is 0.444. The Balaban J connectivity index is 2.15. The second-order valence-corrected chi connectivity index (χ2v) is 3.90. The number of rotatable bonds is 3. The molecule has 5 heteroatoms. The van der Waals surface area contributed by atoms with Crippen molar-refractivity contribution in [3.05, 3.63) is 12.4 Å². The zero-order valence-electron chi connectivity index (χ0n) is 9.81. The third-order valence-electron chi connectivity index (χ3n) is 2.69. The van der Waals surface area contributed by atoms with Crippen LogP contribution in [-0.4, -0.2) is 42.3 Å². The van der Waals surface area contributed by atoms with Gasteiger partial charge in [-0.25, -0.2) is 0 Å². The van der Waals surface area contributed by atoms with Gasteiger partial charge >= 0.3 is 0 Å². The zero-order valence-corrected chi connectivity index (χ0v) is 9.81. The fourth-order valence-electron chi connectivity index (χ4n) is 1.88. The van der Waals surface area contributed by atoms with Crippen LogP contribution in [0.3, 0.4) is 0 Å². The Labute approximate surface area is 95.8 Å². The molecule has 2 rings (SSSR count). The first kappa shape index (κ1) is 11.1. The Morgan fingerprint density at radius 2 is 2.44 bits per heavy atom. The van der Waals surface area contributed by atoms with Gasteiger partial charge in [-0.15, -0.1) is 0 Å². The average molecular weight is 222 g/mol. The first-order chi connectivity index (χ1) is 7.81. The van der Waals surface area contributed by atoms with Crippen LogP contribution < -0.4 is 15.0 Å². The van der Waals surface area contributed by atoms with E-state index >= 15 is 0 Å². The number of hydrogen-bond acceptors (Lipinski definition) is 5. The first-order valence-corrected chi connectivity index (χ1v) is 5.73. The number of piperazine rings is 1. The molecule has 0 radical (unpaired) electrons. The standard InChI is InChI=1S/C11H18N4O/c1-3-16-11-8-13-7-10(14-11)15-5-4-12-6-9(15)2/h7-9,12H,3-6H2,1-2H3. The molecular weight excluding hydrogens is 204 g/mol. The summed E-state index contributed by atoms with van der Waals surface area (Å²) in [7, 11) is 0. The molecule has 1 atom stereocenters.